The van der Waals surface area contributed by atoms with E-state index < -0.39 is 20.0 Å². The summed E-state index contributed by atoms with van der Waals surface area (Å²) in [4.78, 5) is 23.0. The topological polar surface area (TPSA) is 105 Å². The van der Waals surface area contributed by atoms with Gasteiger partial charge in [-0.15, -0.1) is 0 Å². The van der Waals surface area contributed by atoms with Crippen LogP contribution in [0.25, 0.3) is 0 Å². The van der Waals surface area contributed by atoms with Gasteiger partial charge in [0.2, 0.25) is 5.91 Å². The Hall–Kier alpha value is -1.02. The summed E-state index contributed by atoms with van der Waals surface area (Å²) in [6.07, 6.45) is 47.3. The average molecular weight is 814 g/mol. The molecule has 0 aliphatic rings. The van der Waals surface area contributed by atoms with Crippen LogP contribution in [0.15, 0.2) is 24.3 Å². The first kappa shape index (κ1) is 55.0. The van der Waals surface area contributed by atoms with E-state index in [4.69, 9.17) is 9.05 Å². The summed E-state index contributed by atoms with van der Waals surface area (Å²) < 4.78 is 23.4. The minimum Gasteiger partial charge on any atom is -0.387 e. The normalized spacial score (nSPS) is 14.5. The summed E-state index contributed by atoms with van der Waals surface area (Å²) >= 11 is 0. The van der Waals surface area contributed by atoms with E-state index in [-0.39, 0.29) is 19.1 Å². The molecule has 0 bridgehead atoms. The van der Waals surface area contributed by atoms with Crippen molar-refractivity contribution in [1.29, 1.82) is 0 Å². The predicted octanol–water partition coefficient (Wildman–Crippen LogP) is 13.3. The highest BCUT2D eigenvalue weighted by Crippen LogP contribution is 2.43. The summed E-state index contributed by atoms with van der Waals surface area (Å²) in [5.74, 6) is -0.188. The molecule has 0 aromatic rings. The zero-order valence-corrected chi connectivity index (χ0v) is 38.5. The maximum atomic E-state index is 12.8. The molecule has 56 heavy (non-hydrogen) atoms. The highest BCUT2D eigenvalue weighted by molar-refractivity contribution is 7.47. The van der Waals surface area contributed by atoms with E-state index in [2.05, 4.69) is 31.3 Å². The zero-order chi connectivity index (χ0) is 41.4. The largest absolute Gasteiger partial charge is 0.472 e. The third kappa shape index (κ3) is 41.2. The number of phosphoric ester groups is 1. The minimum atomic E-state index is -4.33. The highest BCUT2D eigenvalue weighted by atomic mass is 31.2. The first-order valence-electron chi connectivity index (χ1n) is 23.7. The number of likely N-dealkylation sites (N-methyl/N-ethyl adjacent to an activating group) is 1. The number of nitrogens with one attached hydrogen (secondary N) is 1. The Balaban J connectivity index is 3.97. The van der Waals surface area contributed by atoms with Crippen LogP contribution in [0.2, 0.25) is 0 Å². The standard InChI is InChI=1S/C47H93N2O6P/c1-6-8-10-12-14-15-16-17-18-19-20-21-22-23-24-25-26-27-28-29-30-31-32-33-35-37-39-41-47(51)48-45(46(50)40-38-36-34-13-11-9-7-2)44-55-56(52,53)54-43-42-49(3,4)5/h11,13,38,40,45-46,50H,6-10,12,14-37,39,41-44H2,1-5H3,(H-,48,51,52,53)/p+1/b13-11+,40-38+. The molecule has 0 saturated heterocycles. The van der Waals surface area contributed by atoms with Crippen molar-refractivity contribution < 1.29 is 32.9 Å². The Kier molecular flexibility index (Phi) is 38.7. The van der Waals surface area contributed by atoms with Crippen molar-refractivity contribution in [2.24, 2.45) is 0 Å². The van der Waals surface area contributed by atoms with E-state index in [0.29, 0.717) is 17.4 Å². The Bertz CT molecular complexity index is 969. The number of unbranched alkanes of at least 4 members (excludes halogenated alkanes) is 28. The van der Waals surface area contributed by atoms with Crippen LogP contribution in [0.3, 0.4) is 0 Å². The van der Waals surface area contributed by atoms with Crippen LogP contribution >= 0.6 is 7.82 Å². The SMILES string of the molecule is CCC/C=C/CC/C=C/C(O)C(COP(=O)(O)OCC[N+](C)(C)C)NC(=O)CCCCCCCCCCCCCCCCCCCCCCCCCCCCC. The predicted molar refractivity (Wildman–Crippen MR) is 240 cm³/mol. The molecular weight excluding hydrogens is 719 g/mol. The van der Waals surface area contributed by atoms with Crippen molar-refractivity contribution in [3.8, 4) is 0 Å². The fraction of sp³-hybridized carbons (Fsp3) is 0.894. The molecule has 0 aliphatic heterocycles. The van der Waals surface area contributed by atoms with Crippen LogP contribution in [-0.2, 0) is 18.4 Å². The average Bonchev–Trinajstić information content (AvgIpc) is 3.15. The van der Waals surface area contributed by atoms with Crippen molar-refractivity contribution in [3.63, 3.8) is 0 Å². The summed E-state index contributed by atoms with van der Waals surface area (Å²) in [5.41, 5.74) is 0. The lowest BCUT2D eigenvalue weighted by Crippen LogP contribution is -2.45. The second kappa shape index (κ2) is 39.4. The fourth-order valence-corrected chi connectivity index (χ4v) is 7.63. The quantitative estimate of drug-likeness (QED) is 0.0245. The third-order valence-electron chi connectivity index (χ3n) is 10.7. The highest BCUT2D eigenvalue weighted by Gasteiger charge is 2.27. The van der Waals surface area contributed by atoms with Gasteiger partial charge in [-0.05, 0) is 25.7 Å². The number of rotatable bonds is 43. The molecule has 332 valence electrons. The van der Waals surface area contributed by atoms with E-state index in [1.54, 1.807) is 6.08 Å². The van der Waals surface area contributed by atoms with E-state index in [1.807, 2.05) is 27.2 Å². The van der Waals surface area contributed by atoms with Gasteiger partial charge in [0.1, 0.15) is 13.2 Å². The van der Waals surface area contributed by atoms with Crippen LogP contribution < -0.4 is 5.32 Å². The molecule has 3 atom stereocenters. The van der Waals surface area contributed by atoms with Gasteiger partial charge in [0, 0.05) is 6.42 Å². The molecule has 9 heteroatoms. The molecule has 1 amide bonds. The van der Waals surface area contributed by atoms with Crippen molar-refractivity contribution in [2.75, 3.05) is 40.9 Å². The molecule has 0 aliphatic carbocycles. The Morgan fingerprint density at radius 3 is 1.39 bits per heavy atom. The second-order valence-electron chi connectivity index (χ2n) is 17.5. The maximum absolute atomic E-state index is 12.8. The Labute approximate surface area is 347 Å². The van der Waals surface area contributed by atoms with Gasteiger partial charge < -0.3 is 19.8 Å². The molecule has 0 aromatic carbocycles. The minimum absolute atomic E-state index is 0.0575. The summed E-state index contributed by atoms with van der Waals surface area (Å²) in [6, 6.07) is -0.856. The molecule has 0 aromatic heterocycles. The molecule has 0 saturated carbocycles. The van der Waals surface area contributed by atoms with E-state index in [9.17, 15) is 19.4 Å². The Morgan fingerprint density at radius 1 is 0.589 bits per heavy atom. The van der Waals surface area contributed by atoms with Crippen LogP contribution in [0.5, 0.6) is 0 Å². The number of nitrogens with zero attached hydrogens (tertiary/aromatic N) is 1. The van der Waals surface area contributed by atoms with Gasteiger partial charge in [-0.25, -0.2) is 4.57 Å². The summed E-state index contributed by atoms with van der Waals surface area (Å²) in [7, 11) is 1.56. The molecule has 0 rings (SSSR count). The van der Waals surface area contributed by atoms with Crippen LogP contribution in [0, 0.1) is 0 Å². The first-order chi connectivity index (χ1) is 27.0. The molecule has 3 N–H and O–H groups in total. The molecule has 0 spiro atoms. The number of quaternary nitrogens is 1. The van der Waals surface area contributed by atoms with Crippen LogP contribution in [-0.4, -0.2) is 73.4 Å². The number of allylic oxidation sites excluding steroid dienone is 3. The van der Waals surface area contributed by atoms with E-state index in [1.165, 1.54) is 154 Å². The van der Waals surface area contributed by atoms with Crippen LogP contribution in [0.1, 0.15) is 219 Å². The van der Waals surface area contributed by atoms with Crippen molar-refractivity contribution >= 4 is 13.7 Å². The lowest BCUT2D eigenvalue weighted by atomic mass is 10.0. The number of hydrogen-bond donors (Lipinski definition) is 3. The van der Waals surface area contributed by atoms with Crippen molar-refractivity contribution in [2.45, 2.75) is 231 Å². The van der Waals surface area contributed by atoms with E-state index in [0.717, 1.165) is 44.9 Å². The van der Waals surface area contributed by atoms with Crippen molar-refractivity contribution in [3.05, 3.63) is 24.3 Å². The van der Waals surface area contributed by atoms with Crippen LogP contribution in [0.4, 0.5) is 0 Å². The van der Waals surface area contributed by atoms with Crippen molar-refractivity contribution in [1.82, 2.24) is 5.32 Å². The zero-order valence-electron chi connectivity index (χ0n) is 37.6. The number of carbonyl (C=O) groups is 1. The van der Waals surface area contributed by atoms with Gasteiger partial charge in [-0.1, -0.05) is 212 Å². The molecule has 0 fully saturated rings. The smallest absolute Gasteiger partial charge is 0.387 e. The molecule has 8 nitrogen and oxygen atoms in total. The lowest BCUT2D eigenvalue weighted by molar-refractivity contribution is -0.870. The molecule has 0 radical (unpaired) electrons. The maximum Gasteiger partial charge on any atom is 0.472 e. The molecule has 0 heterocycles. The lowest BCUT2D eigenvalue weighted by Gasteiger charge is -2.25. The Morgan fingerprint density at radius 2 is 0.982 bits per heavy atom. The second-order valence-corrected chi connectivity index (χ2v) is 18.9. The summed E-state index contributed by atoms with van der Waals surface area (Å²) in [5, 5.41) is 13.7. The van der Waals surface area contributed by atoms with Gasteiger partial charge in [-0.3, -0.25) is 13.8 Å². The molecular formula is C47H94N2O6P+. The number of aliphatic hydroxyl groups excluding tert-OH is 1. The van der Waals surface area contributed by atoms with Gasteiger partial charge in [0.05, 0.1) is 39.9 Å². The number of amides is 1. The third-order valence-corrected chi connectivity index (χ3v) is 11.6. The van der Waals surface area contributed by atoms with Gasteiger partial charge >= 0.3 is 7.82 Å². The fourth-order valence-electron chi connectivity index (χ4n) is 6.89. The number of aliphatic hydroxyl groups is 1. The monoisotopic (exact) mass is 814 g/mol. The van der Waals surface area contributed by atoms with Gasteiger partial charge in [0.15, 0.2) is 0 Å². The van der Waals surface area contributed by atoms with E-state index >= 15 is 0 Å². The first-order valence-corrected chi connectivity index (χ1v) is 25.2. The number of hydrogen-bond acceptors (Lipinski definition) is 5. The number of phosphoric acid groups is 1. The van der Waals surface area contributed by atoms with Gasteiger partial charge in [-0.2, -0.15) is 0 Å². The summed E-state index contributed by atoms with van der Waals surface area (Å²) in [6.45, 7) is 4.70. The molecule has 3 unspecified atom stereocenters. The number of carbonyl (C=O) groups excluding carboxylic acids is 1. The van der Waals surface area contributed by atoms with Gasteiger partial charge in [0.25, 0.3) is 0 Å².